The van der Waals surface area contributed by atoms with E-state index in [4.69, 9.17) is 18.9 Å². The quantitative estimate of drug-likeness (QED) is 0.311. The van der Waals surface area contributed by atoms with Crippen molar-refractivity contribution < 1.29 is 49.3 Å². The number of rotatable bonds is 6. The molecule has 160 valence electrons. The lowest BCUT2D eigenvalue weighted by atomic mass is 9.84. The third-order valence-electron chi connectivity index (χ3n) is 5.81. The van der Waals surface area contributed by atoms with Gasteiger partial charge < -0.3 is 44.5 Å². The predicted molar refractivity (Wildman–Crippen MR) is 91.5 cm³/mol. The number of carbonyl (C=O) groups is 1. The van der Waals surface area contributed by atoms with E-state index < -0.39 is 49.4 Å². The van der Waals surface area contributed by atoms with Gasteiger partial charge in [-0.2, -0.15) is 0 Å². The first-order valence-electron chi connectivity index (χ1n) is 9.38. The zero-order valence-electron chi connectivity index (χ0n) is 15.6. The summed E-state index contributed by atoms with van der Waals surface area (Å²) in [4.78, 5) is 11.4. The second-order valence-electron chi connectivity index (χ2n) is 7.54. The highest BCUT2D eigenvalue weighted by Gasteiger charge is 2.48. The van der Waals surface area contributed by atoms with Crippen molar-refractivity contribution in [2.24, 2.45) is 17.8 Å². The summed E-state index contributed by atoms with van der Waals surface area (Å²) < 4.78 is 21.7. The molecule has 5 N–H and O–H groups in total. The molecule has 2 heterocycles. The summed E-state index contributed by atoms with van der Waals surface area (Å²) >= 11 is 0. The van der Waals surface area contributed by atoms with Crippen molar-refractivity contribution >= 4 is 5.97 Å². The van der Waals surface area contributed by atoms with Gasteiger partial charge >= 0.3 is 5.97 Å². The van der Waals surface area contributed by atoms with Crippen LogP contribution in [-0.4, -0.2) is 94.7 Å². The molecular formula is C18H28O10. The van der Waals surface area contributed by atoms with Crippen LogP contribution < -0.4 is 0 Å². The molecule has 0 aromatic heterocycles. The summed E-state index contributed by atoms with van der Waals surface area (Å²) in [7, 11) is 0. The second-order valence-corrected chi connectivity index (χ2v) is 7.54. The summed E-state index contributed by atoms with van der Waals surface area (Å²) in [6, 6.07) is 0. The van der Waals surface area contributed by atoms with Gasteiger partial charge in [0.05, 0.1) is 32.2 Å². The summed E-state index contributed by atoms with van der Waals surface area (Å²) in [6.45, 7) is 0.874. The minimum atomic E-state index is -1.49. The molecule has 10 heteroatoms. The molecule has 3 rings (SSSR count). The second kappa shape index (κ2) is 9.04. The van der Waals surface area contributed by atoms with Crippen molar-refractivity contribution in [3.63, 3.8) is 0 Å². The zero-order valence-corrected chi connectivity index (χ0v) is 15.6. The summed E-state index contributed by atoms with van der Waals surface area (Å²) in [5.74, 6) is -1.04. The monoisotopic (exact) mass is 404 g/mol. The summed E-state index contributed by atoms with van der Waals surface area (Å²) in [6.07, 6.45) is -5.12. The standard InChI is InChI=1S/C18H28O10/c1-8(21)27-17-16(24)15(23)14(4-20)28-18(17)26-6-9-5-25-7-12-10(9)2-13(22)11(12)3-19/h5,10-20,22-24H,2-4,6-7H2,1H3. The molecule has 2 aliphatic heterocycles. The summed E-state index contributed by atoms with van der Waals surface area (Å²) in [5.41, 5.74) is 0.748. The van der Waals surface area contributed by atoms with Crippen LogP contribution in [0.3, 0.4) is 0 Å². The van der Waals surface area contributed by atoms with Crippen LogP contribution in [0.15, 0.2) is 11.8 Å². The number of esters is 1. The normalized spacial score (nSPS) is 43.1. The van der Waals surface area contributed by atoms with Gasteiger partial charge in [0.2, 0.25) is 0 Å². The first-order valence-corrected chi connectivity index (χ1v) is 9.38. The fraction of sp³-hybridized carbons (Fsp3) is 0.833. The molecule has 0 bridgehead atoms. The number of hydrogen-bond donors (Lipinski definition) is 5. The Hall–Kier alpha value is -1.27. The number of hydrogen-bond acceptors (Lipinski definition) is 10. The molecular weight excluding hydrogens is 376 g/mol. The van der Waals surface area contributed by atoms with Crippen LogP contribution in [0.25, 0.3) is 0 Å². The Labute approximate surface area is 162 Å². The summed E-state index contributed by atoms with van der Waals surface area (Å²) in [5, 5.41) is 49.3. The molecule has 2 fully saturated rings. The van der Waals surface area contributed by atoms with Crippen LogP contribution >= 0.6 is 0 Å². The molecule has 1 saturated carbocycles. The SMILES string of the molecule is CC(=O)OC1C(OCC2=COCC3C2CC(O)C3CO)OC(CO)C(O)C1O. The van der Waals surface area contributed by atoms with E-state index in [1.165, 1.54) is 0 Å². The Morgan fingerprint density at radius 1 is 1.21 bits per heavy atom. The maximum atomic E-state index is 11.4. The highest BCUT2D eigenvalue weighted by Crippen LogP contribution is 2.43. The van der Waals surface area contributed by atoms with Crippen LogP contribution in [0.1, 0.15) is 13.3 Å². The van der Waals surface area contributed by atoms with Crippen molar-refractivity contribution in [3.8, 4) is 0 Å². The Bertz CT molecular complexity index is 581. The van der Waals surface area contributed by atoms with Crippen LogP contribution in [0, 0.1) is 17.8 Å². The van der Waals surface area contributed by atoms with Crippen molar-refractivity contribution in [1.82, 2.24) is 0 Å². The van der Waals surface area contributed by atoms with Crippen molar-refractivity contribution in [2.45, 2.75) is 50.2 Å². The third kappa shape index (κ3) is 4.18. The minimum Gasteiger partial charge on any atom is -0.501 e. The van der Waals surface area contributed by atoms with E-state index in [9.17, 15) is 30.3 Å². The molecule has 0 amide bonds. The highest BCUT2D eigenvalue weighted by atomic mass is 16.7. The van der Waals surface area contributed by atoms with E-state index in [1.54, 1.807) is 6.26 Å². The number of ether oxygens (including phenoxy) is 4. The lowest BCUT2D eigenvalue weighted by molar-refractivity contribution is -0.302. The lowest BCUT2D eigenvalue weighted by Crippen LogP contribution is -2.60. The van der Waals surface area contributed by atoms with Crippen LogP contribution in [0.2, 0.25) is 0 Å². The third-order valence-corrected chi connectivity index (χ3v) is 5.81. The average molecular weight is 404 g/mol. The van der Waals surface area contributed by atoms with Crippen LogP contribution in [0.5, 0.6) is 0 Å². The molecule has 0 radical (unpaired) electrons. The van der Waals surface area contributed by atoms with Gasteiger partial charge in [-0.15, -0.1) is 0 Å². The first-order chi connectivity index (χ1) is 13.4. The molecule has 10 nitrogen and oxygen atoms in total. The number of aliphatic hydroxyl groups is 5. The van der Waals surface area contributed by atoms with Gasteiger partial charge in [-0.1, -0.05) is 0 Å². The molecule has 1 aliphatic carbocycles. The van der Waals surface area contributed by atoms with Crippen LogP contribution in [-0.2, 0) is 23.7 Å². The van der Waals surface area contributed by atoms with Gasteiger partial charge in [0.25, 0.3) is 0 Å². The van der Waals surface area contributed by atoms with E-state index in [1.807, 2.05) is 0 Å². The Balaban J connectivity index is 1.69. The molecule has 0 aromatic rings. The molecule has 3 aliphatic rings. The van der Waals surface area contributed by atoms with Gasteiger partial charge in [-0.05, 0) is 17.9 Å². The van der Waals surface area contributed by atoms with Gasteiger partial charge in [-0.25, -0.2) is 0 Å². The van der Waals surface area contributed by atoms with E-state index in [0.29, 0.717) is 13.0 Å². The topological polar surface area (TPSA) is 155 Å². The van der Waals surface area contributed by atoms with E-state index >= 15 is 0 Å². The fourth-order valence-corrected chi connectivity index (χ4v) is 4.30. The van der Waals surface area contributed by atoms with E-state index in [2.05, 4.69) is 0 Å². The molecule has 0 spiro atoms. The predicted octanol–water partition coefficient (Wildman–Crippen LogP) is -2.11. The Morgan fingerprint density at radius 2 is 1.96 bits per heavy atom. The van der Waals surface area contributed by atoms with E-state index in [-0.39, 0.29) is 31.0 Å². The smallest absolute Gasteiger partial charge is 0.303 e. The van der Waals surface area contributed by atoms with Gasteiger partial charge in [0.15, 0.2) is 12.4 Å². The lowest BCUT2D eigenvalue weighted by Gasteiger charge is -2.41. The molecule has 1 saturated heterocycles. The van der Waals surface area contributed by atoms with Crippen molar-refractivity contribution in [1.29, 1.82) is 0 Å². The maximum Gasteiger partial charge on any atom is 0.303 e. The largest absolute Gasteiger partial charge is 0.501 e. The van der Waals surface area contributed by atoms with Gasteiger partial charge in [0.1, 0.15) is 18.3 Å². The van der Waals surface area contributed by atoms with Crippen LogP contribution in [0.4, 0.5) is 0 Å². The van der Waals surface area contributed by atoms with E-state index in [0.717, 1.165) is 12.5 Å². The highest BCUT2D eigenvalue weighted by molar-refractivity contribution is 5.66. The fourth-order valence-electron chi connectivity index (χ4n) is 4.30. The Kier molecular flexibility index (Phi) is 6.92. The number of carbonyl (C=O) groups excluding carboxylic acids is 1. The van der Waals surface area contributed by atoms with Gasteiger partial charge in [0, 0.05) is 25.4 Å². The molecule has 28 heavy (non-hydrogen) atoms. The molecule has 0 aromatic carbocycles. The first kappa shape index (κ1) is 21.4. The Morgan fingerprint density at radius 3 is 2.61 bits per heavy atom. The number of aliphatic hydroxyl groups excluding tert-OH is 5. The maximum absolute atomic E-state index is 11.4. The number of fused-ring (bicyclic) bond motifs is 1. The minimum absolute atomic E-state index is 0.00936. The van der Waals surface area contributed by atoms with Crippen molar-refractivity contribution in [2.75, 3.05) is 26.4 Å². The molecule has 9 unspecified atom stereocenters. The zero-order chi connectivity index (χ0) is 20.4. The average Bonchev–Trinajstić information content (AvgIpc) is 3.00. The van der Waals surface area contributed by atoms with Crippen molar-refractivity contribution in [3.05, 3.63) is 11.8 Å². The van der Waals surface area contributed by atoms with Gasteiger partial charge in [-0.3, -0.25) is 4.79 Å². The molecule has 9 atom stereocenters.